The first-order valence-electron chi connectivity index (χ1n) is 11.7. The molecule has 8 heteroatoms. The van der Waals surface area contributed by atoms with Gasteiger partial charge >= 0.3 is 0 Å². The van der Waals surface area contributed by atoms with E-state index in [2.05, 4.69) is 28.4 Å². The van der Waals surface area contributed by atoms with Crippen LogP contribution in [0, 0.1) is 5.92 Å². The van der Waals surface area contributed by atoms with Gasteiger partial charge in [-0.3, -0.25) is 9.69 Å². The van der Waals surface area contributed by atoms with Gasteiger partial charge in [-0.1, -0.05) is 48.0 Å². The summed E-state index contributed by atoms with van der Waals surface area (Å²) in [6.07, 6.45) is 3.59. The van der Waals surface area contributed by atoms with Gasteiger partial charge in [0.2, 0.25) is 15.9 Å². The number of rotatable bonds is 8. The largest absolute Gasteiger partial charge is 0.352 e. The molecule has 0 saturated carbocycles. The molecule has 2 fully saturated rings. The van der Waals surface area contributed by atoms with E-state index in [4.69, 9.17) is 11.6 Å². The van der Waals surface area contributed by atoms with Crippen LogP contribution in [-0.2, 0) is 33.7 Å². The number of nitrogens with one attached hydrogen (secondary N) is 1. The normalized spacial score (nSPS) is 18.5. The lowest BCUT2D eigenvalue weighted by atomic mass is 9.97. The third-order valence-electron chi connectivity index (χ3n) is 6.62. The van der Waals surface area contributed by atoms with Crippen molar-refractivity contribution in [3.05, 3.63) is 70.2 Å². The quantitative estimate of drug-likeness (QED) is 0.612. The van der Waals surface area contributed by atoms with Crippen LogP contribution in [0.4, 0.5) is 0 Å². The summed E-state index contributed by atoms with van der Waals surface area (Å²) < 4.78 is 27.1. The number of amides is 1. The van der Waals surface area contributed by atoms with Gasteiger partial charge in [-0.15, -0.1) is 0 Å². The Morgan fingerprint density at radius 3 is 2.36 bits per heavy atom. The Hall–Kier alpha value is -1.93. The third-order valence-corrected chi connectivity index (χ3v) is 8.71. The molecule has 4 rings (SSSR count). The lowest BCUT2D eigenvalue weighted by molar-refractivity contribution is -0.126. The van der Waals surface area contributed by atoms with E-state index in [0.717, 1.165) is 25.2 Å². The molecule has 0 radical (unpaired) electrons. The number of halogens is 1. The second kappa shape index (κ2) is 11.0. The fraction of sp³-hybridized carbons (Fsp3) is 0.480. The van der Waals surface area contributed by atoms with E-state index in [9.17, 15) is 13.2 Å². The van der Waals surface area contributed by atoms with Crippen LogP contribution in [-0.4, -0.2) is 49.7 Å². The van der Waals surface area contributed by atoms with Crippen molar-refractivity contribution in [2.24, 2.45) is 5.92 Å². The molecule has 178 valence electrons. The van der Waals surface area contributed by atoms with Gasteiger partial charge < -0.3 is 5.32 Å². The topological polar surface area (TPSA) is 69.7 Å². The van der Waals surface area contributed by atoms with E-state index < -0.39 is 10.0 Å². The molecule has 1 N–H and O–H groups in total. The van der Waals surface area contributed by atoms with E-state index in [1.807, 2.05) is 6.07 Å². The fourth-order valence-corrected chi connectivity index (χ4v) is 6.48. The number of carbonyl (C=O) groups excluding carboxylic acids is 1. The third kappa shape index (κ3) is 6.57. The summed E-state index contributed by atoms with van der Waals surface area (Å²) >= 11 is 5.98. The summed E-state index contributed by atoms with van der Waals surface area (Å²) in [4.78, 5) is 15.3. The Balaban J connectivity index is 1.27. The van der Waals surface area contributed by atoms with Crippen LogP contribution in [0.15, 0.2) is 48.5 Å². The minimum absolute atomic E-state index is 0.0119. The van der Waals surface area contributed by atoms with Crippen molar-refractivity contribution in [2.75, 3.05) is 26.2 Å². The zero-order valence-electron chi connectivity index (χ0n) is 18.9. The first-order valence-corrected chi connectivity index (χ1v) is 13.7. The van der Waals surface area contributed by atoms with Crippen molar-refractivity contribution in [1.29, 1.82) is 0 Å². The van der Waals surface area contributed by atoms with Crippen LogP contribution in [0.3, 0.4) is 0 Å². The summed E-state index contributed by atoms with van der Waals surface area (Å²) in [5.74, 6) is -0.218. The maximum Gasteiger partial charge on any atom is 0.223 e. The molecule has 6 nitrogen and oxygen atoms in total. The summed E-state index contributed by atoms with van der Waals surface area (Å²) in [5.41, 5.74) is 3.09. The minimum atomic E-state index is -3.44. The summed E-state index contributed by atoms with van der Waals surface area (Å²) in [7, 11) is -3.44. The van der Waals surface area contributed by atoms with Crippen molar-refractivity contribution in [3.8, 4) is 0 Å². The average Bonchev–Trinajstić information content (AvgIpc) is 3.31. The minimum Gasteiger partial charge on any atom is -0.352 e. The van der Waals surface area contributed by atoms with Crippen LogP contribution < -0.4 is 5.32 Å². The second-order valence-electron chi connectivity index (χ2n) is 9.03. The van der Waals surface area contributed by atoms with E-state index in [1.54, 1.807) is 24.3 Å². The van der Waals surface area contributed by atoms with E-state index >= 15 is 0 Å². The van der Waals surface area contributed by atoms with E-state index in [-0.39, 0.29) is 17.6 Å². The van der Waals surface area contributed by atoms with Gasteiger partial charge in [0.25, 0.3) is 0 Å². The number of hydrogen-bond donors (Lipinski definition) is 1. The fourth-order valence-electron chi connectivity index (χ4n) is 4.72. The Morgan fingerprint density at radius 2 is 1.67 bits per heavy atom. The van der Waals surface area contributed by atoms with Crippen molar-refractivity contribution < 1.29 is 13.2 Å². The van der Waals surface area contributed by atoms with Crippen molar-refractivity contribution in [1.82, 2.24) is 14.5 Å². The molecule has 2 heterocycles. The molecule has 2 aromatic carbocycles. The van der Waals surface area contributed by atoms with Gasteiger partial charge in [0.05, 0.1) is 5.75 Å². The highest BCUT2D eigenvalue weighted by Crippen LogP contribution is 2.23. The zero-order chi connectivity index (χ0) is 23.3. The first-order chi connectivity index (χ1) is 15.9. The Morgan fingerprint density at radius 1 is 0.970 bits per heavy atom. The van der Waals surface area contributed by atoms with Gasteiger partial charge in [-0.25, -0.2) is 12.7 Å². The molecule has 2 aliphatic heterocycles. The Kier molecular flexibility index (Phi) is 8.07. The Labute approximate surface area is 202 Å². The highest BCUT2D eigenvalue weighted by Gasteiger charge is 2.31. The van der Waals surface area contributed by atoms with Gasteiger partial charge in [-0.2, -0.15) is 0 Å². The molecule has 0 aromatic heterocycles. The maximum absolute atomic E-state index is 12.8. The number of piperidine rings is 1. The molecular weight excluding hydrogens is 458 g/mol. The average molecular weight is 490 g/mol. The number of carbonyl (C=O) groups is 1. The van der Waals surface area contributed by atoms with Gasteiger partial charge in [0.15, 0.2) is 0 Å². The summed E-state index contributed by atoms with van der Waals surface area (Å²) in [6, 6.07) is 15.2. The molecule has 2 aliphatic rings. The SMILES string of the molecule is O=C(NCc1ccccc1CN1CCCC1)C1CCN(S(=O)(=O)Cc2cccc(Cl)c2)CC1. The summed E-state index contributed by atoms with van der Waals surface area (Å²) in [6.45, 7) is 4.45. The molecule has 0 unspecified atom stereocenters. The molecule has 2 saturated heterocycles. The number of hydrogen-bond acceptors (Lipinski definition) is 4. The molecule has 0 aliphatic carbocycles. The van der Waals surface area contributed by atoms with Crippen molar-refractivity contribution in [3.63, 3.8) is 0 Å². The molecule has 0 bridgehead atoms. The number of benzene rings is 2. The summed E-state index contributed by atoms with van der Waals surface area (Å²) in [5, 5.41) is 3.62. The van der Waals surface area contributed by atoms with Gasteiger partial charge in [0.1, 0.15) is 0 Å². The standard InChI is InChI=1S/C25H32ClN3O3S/c26-24-9-5-6-20(16-24)19-33(31,32)29-14-10-21(11-15-29)25(30)27-17-22-7-1-2-8-23(22)18-28-12-3-4-13-28/h1-2,5-9,16,21H,3-4,10-15,17-19H2,(H,27,30). The lowest BCUT2D eigenvalue weighted by Gasteiger charge is -2.30. The number of sulfonamides is 1. The van der Waals surface area contributed by atoms with Crippen LogP contribution in [0.5, 0.6) is 0 Å². The van der Waals surface area contributed by atoms with Gasteiger partial charge in [-0.05, 0) is 67.6 Å². The maximum atomic E-state index is 12.8. The van der Waals surface area contributed by atoms with Crippen molar-refractivity contribution in [2.45, 2.75) is 44.5 Å². The number of nitrogens with zero attached hydrogens (tertiary/aromatic N) is 2. The van der Waals surface area contributed by atoms with Crippen LogP contribution in [0.2, 0.25) is 5.02 Å². The molecule has 1 amide bonds. The molecule has 33 heavy (non-hydrogen) atoms. The van der Waals surface area contributed by atoms with Crippen molar-refractivity contribution >= 4 is 27.5 Å². The second-order valence-corrected chi connectivity index (χ2v) is 11.4. The Bertz CT molecular complexity index is 1060. The first kappa shape index (κ1) is 24.2. The monoisotopic (exact) mass is 489 g/mol. The molecular formula is C25H32ClN3O3S. The zero-order valence-corrected chi connectivity index (χ0v) is 20.5. The van der Waals surface area contributed by atoms with Crippen LogP contribution in [0.25, 0.3) is 0 Å². The van der Waals surface area contributed by atoms with E-state index in [0.29, 0.717) is 43.1 Å². The highest BCUT2D eigenvalue weighted by atomic mass is 35.5. The highest BCUT2D eigenvalue weighted by molar-refractivity contribution is 7.88. The number of likely N-dealkylation sites (tertiary alicyclic amines) is 1. The van der Waals surface area contributed by atoms with E-state index in [1.165, 1.54) is 22.7 Å². The smallest absolute Gasteiger partial charge is 0.223 e. The molecule has 0 atom stereocenters. The molecule has 2 aromatic rings. The predicted molar refractivity (Wildman–Crippen MR) is 131 cm³/mol. The van der Waals surface area contributed by atoms with Crippen LogP contribution >= 0.6 is 11.6 Å². The molecule has 0 spiro atoms. The lowest BCUT2D eigenvalue weighted by Crippen LogP contribution is -2.43. The van der Waals surface area contributed by atoms with Gasteiger partial charge in [0, 0.05) is 37.1 Å². The predicted octanol–water partition coefficient (Wildman–Crippen LogP) is 3.79. The van der Waals surface area contributed by atoms with Crippen LogP contribution in [0.1, 0.15) is 42.4 Å².